The zero-order valence-corrected chi connectivity index (χ0v) is 12.9. The quantitative estimate of drug-likeness (QED) is 0.803. The molecule has 0 N–H and O–H groups in total. The van der Waals surface area contributed by atoms with Crippen LogP contribution in [0.25, 0.3) is 0 Å². The predicted octanol–water partition coefficient (Wildman–Crippen LogP) is 3.27. The molecule has 2 rings (SSSR count). The first-order chi connectivity index (χ1) is 9.11. The van der Waals surface area contributed by atoms with Crippen LogP contribution >= 0.6 is 23.4 Å². The molecule has 5 heteroatoms. The van der Waals surface area contributed by atoms with Gasteiger partial charge in [-0.2, -0.15) is 11.8 Å². The summed E-state index contributed by atoms with van der Waals surface area (Å²) in [7, 11) is 0. The van der Waals surface area contributed by atoms with Gasteiger partial charge in [-0.05, 0) is 25.5 Å². The Morgan fingerprint density at radius 2 is 2.37 bits per heavy atom. The first-order valence-corrected chi connectivity index (χ1v) is 8.20. The minimum Gasteiger partial charge on any atom is -0.334 e. The number of carbonyl (C=O) groups excluding carboxylic acids is 1. The molecule has 1 aliphatic heterocycles. The molecule has 1 fully saturated rings. The van der Waals surface area contributed by atoms with E-state index in [9.17, 15) is 4.79 Å². The van der Waals surface area contributed by atoms with Crippen LogP contribution in [0, 0.1) is 0 Å². The van der Waals surface area contributed by atoms with Crippen LogP contribution in [0.2, 0.25) is 5.15 Å². The van der Waals surface area contributed by atoms with E-state index in [0.717, 1.165) is 36.6 Å². The van der Waals surface area contributed by atoms with Gasteiger partial charge in [0.25, 0.3) is 5.91 Å². The number of carbonyl (C=O) groups is 1. The fourth-order valence-corrected chi connectivity index (χ4v) is 3.49. The minimum atomic E-state index is 0.0782. The molecular weight excluding hydrogens is 280 g/mol. The van der Waals surface area contributed by atoms with E-state index in [0.29, 0.717) is 10.7 Å². The second-order valence-electron chi connectivity index (χ2n) is 4.84. The van der Waals surface area contributed by atoms with Crippen molar-refractivity contribution in [3.05, 3.63) is 28.5 Å². The van der Waals surface area contributed by atoms with Crippen LogP contribution in [-0.2, 0) is 6.42 Å². The molecular formula is C14H19ClN2OS. The molecule has 0 aromatic carbocycles. The third kappa shape index (κ3) is 3.63. The lowest BCUT2D eigenvalue weighted by Crippen LogP contribution is -2.44. The Kier molecular flexibility index (Phi) is 5.11. The number of hydrogen-bond acceptors (Lipinski definition) is 3. The van der Waals surface area contributed by atoms with Crippen molar-refractivity contribution in [3.8, 4) is 0 Å². The third-order valence-corrected chi connectivity index (χ3v) is 4.61. The highest BCUT2D eigenvalue weighted by atomic mass is 35.5. The molecule has 3 nitrogen and oxygen atoms in total. The van der Waals surface area contributed by atoms with Gasteiger partial charge < -0.3 is 4.90 Å². The van der Waals surface area contributed by atoms with Gasteiger partial charge in [-0.1, -0.05) is 24.9 Å². The topological polar surface area (TPSA) is 33.2 Å². The van der Waals surface area contributed by atoms with Gasteiger partial charge in [-0.15, -0.1) is 0 Å². The normalized spacial score (nSPS) is 19.5. The van der Waals surface area contributed by atoms with Crippen LogP contribution in [0.3, 0.4) is 0 Å². The van der Waals surface area contributed by atoms with Gasteiger partial charge in [0.15, 0.2) is 0 Å². The van der Waals surface area contributed by atoms with Gasteiger partial charge in [0.2, 0.25) is 0 Å². The summed E-state index contributed by atoms with van der Waals surface area (Å²) in [5.41, 5.74) is 1.57. The number of aryl methyl sites for hydroxylation is 1. The highest BCUT2D eigenvalue weighted by Gasteiger charge is 2.25. The maximum Gasteiger partial charge on any atom is 0.254 e. The molecule has 0 radical (unpaired) electrons. The molecule has 1 amide bonds. The number of thioether (sulfide) groups is 1. The van der Waals surface area contributed by atoms with Crippen LogP contribution in [0.5, 0.6) is 0 Å². The van der Waals surface area contributed by atoms with Crippen LogP contribution in [0.15, 0.2) is 12.1 Å². The van der Waals surface area contributed by atoms with Gasteiger partial charge in [-0.3, -0.25) is 4.79 Å². The summed E-state index contributed by atoms with van der Waals surface area (Å²) >= 11 is 7.92. The summed E-state index contributed by atoms with van der Waals surface area (Å²) in [5, 5.41) is 0.410. The van der Waals surface area contributed by atoms with E-state index in [1.807, 2.05) is 22.7 Å². The van der Waals surface area contributed by atoms with Gasteiger partial charge in [-0.25, -0.2) is 4.98 Å². The lowest BCUT2D eigenvalue weighted by molar-refractivity contribution is 0.0715. The molecule has 1 aliphatic rings. The first kappa shape index (κ1) is 14.7. The summed E-state index contributed by atoms with van der Waals surface area (Å²) in [5.74, 6) is 2.10. The van der Waals surface area contributed by atoms with Gasteiger partial charge in [0.05, 0.1) is 0 Å². The summed E-state index contributed by atoms with van der Waals surface area (Å²) in [6.07, 6.45) is 1.85. The first-order valence-electron chi connectivity index (χ1n) is 6.67. The Morgan fingerprint density at radius 1 is 1.58 bits per heavy atom. The average molecular weight is 299 g/mol. The number of hydrogen-bond donors (Lipinski definition) is 0. The van der Waals surface area contributed by atoms with E-state index < -0.39 is 0 Å². The van der Waals surface area contributed by atoms with E-state index >= 15 is 0 Å². The number of rotatable bonds is 3. The minimum absolute atomic E-state index is 0.0782. The molecule has 1 aromatic heterocycles. The molecule has 2 heterocycles. The Labute approximate surface area is 123 Å². The molecule has 0 bridgehead atoms. The van der Waals surface area contributed by atoms with Gasteiger partial charge in [0, 0.05) is 35.3 Å². The van der Waals surface area contributed by atoms with Crippen LogP contribution < -0.4 is 0 Å². The number of pyridine rings is 1. The fourth-order valence-electron chi connectivity index (χ4n) is 2.25. The number of aromatic nitrogens is 1. The molecule has 104 valence electrons. The summed E-state index contributed by atoms with van der Waals surface area (Å²) in [6.45, 7) is 5.00. The van der Waals surface area contributed by atoms with Crippen LogP contribution in [0.1, 0.15) is 36.3 Å². The maximum absolute atomic E-state index is 12.5. The van der Waals surface area contributed by atoms with Gasteiger partial charge in [0.1, 0.15) is 5.15 Å². The Bertz CT molecular complexity index is 467. The fraction of sp³-hybridized carbons (Fsp3) is 0.571. The summed E-state index contributed by atoms with van der Waals surface area (Å²) in [6, 6.07) is 3.84. The number of nitrogens with zero attached hydrogens (tertiary/aromatic N) is 2. The van der Waals surface area contributed by atoms with Crippen molar-refractivity contribution >= 4 is 29.3 Å². The monoisotopic (exact) mass is 298 g/mol. The van der Waals surface area contributed by atoms with Crippen molar-refractivity contribution in [2.75, 3.05) is 18.1 Å². The van der Waals surface area contributed by atoms with E-state index in [1.165, 1.54) is 0 Å². The lowest BCUT2D eigenvalue weighted by Gasteiger charge is -2.33. The molecule has 0 saturated carbocycles. The molecule has 1 atom stereocenters. The zero-order valence-electron chi connectivity index (χ0n) is 11.4. The second kappa shape index (κ2) is 6.62. The smallest absolute Gasteiger partial charge is 0.254 e. The van der Waals surface area contributed by atoms with E-state index in [2.05, 4.69) is 18.8 Å². The van der Waals surface area contributed by atoms with E-state index in [-0.39, 0.29) is 11.9 Å². The molecule has 1 saturated heterocycles. The highest BCUT2D eigenvalue weighted by Crippen LogP contribution is 2.20. The van der Waals surface area contributed by atoms with Crippen molar-refractivity contribution < 1.29 is 4.79 Å². The summed E-state index contributed by atoms with van der Waals surface area (Å²) in [4.78, 5) is 18.8. The zero-order chi connectivity index (χ0) is 13.8. The molecule has 19 heavy (non-hydrogen) atoms. The van der Waals surface area contributed by atoms with Gasteiger partial charge >= 0.3 is 0 Å². The Balaban J connectivity index is 2.22. The van der Waals surface area contributed by atoms with Crippen LogP contribution in [0.4, 0.5) is 0 Å². The second-order valence-corrected chi connectivity index (χ2v) is 6.38. The Hall–Kier alpha value is -0.740. The maximum atomic E-state index is 12.5. The largest absolute Gasteiger partial charge is 0.334 e. The highest BCUT2D eigenvalue weighted by molar-refractivity contribution is 7.99. The lowest BCUT2D eigenvalue weighted by atomic mass is 10.1. The van der Waals surface area contributed by atoms with Crippen molar-refractivity contribution in [1.82, 2.24) is 9.88 Å². The summed E-state index contributed by atoms with van der Waals surface area (Å²) < 4.78 is 0. The van der Waals surface area contributed by atoms with E-state index in [1.54, 1.807) is 6.07 Å². The number of amides is 1. The van der Waals surface area contributed by atoms with Crippen molar-refractivity contribution in [1.29, 1.82) is 0 Å². The Morgan fingerprint density at radius 3 is 3.05 bits per heavy atom. The standard InChI is InChI=1S/C14H19ClN2OS/c1-3-4-12-7-11(8-13(15)16-12)14(18)17-5-6-19-9-10(17)2/h7-8,10H,3-6,9H2,1-2H3. The molecule has 1 unspecified atom stereocenters. The predicted molar refractivity (Wildman–Crippen MR) is 81.1 cm³/mol. The molecule has 0 spiro atoms. The average Bonchev–Trinajstić information content (AvgIpc) is 2.38. The van der Waals surface area contributed by atoms with Crippen LogP contribution in [-0.4, -0.2) is 39.9 Å². The number of halogens is 1. The van der Waals surface area contributed by atoms with E-state index in [4.69, 9.17) is 11.6 Å². The van der Waals surface area contributed by atoms with Crippen molar-refractivity contribution in [2.45, 2.75) is 32.7 Å². The SMILES string of the molecule is CCCc1cc(C(=O)N2CCSCC2C)cc(Cl)n1. The van der Waals surface area contributed by atoms with Crippen molar-refractivity contribution in [2.24, 2.45) is 0 Å². The van der Waals surface area contributed by atoms with Crippen molar-refractivity contribution in [3.63, 3.8) is 0 Å². The molecule has 1 aromatic rings. The molecule has 0 aliphatic carbocycles. The third-order valence-electron chi connectivity index (χ3n) is 3.23.